The van der Waals surface area contributed by atoms with E-state index in [0.717, 1.165) is 17.9 Å². The van der Waals surface area contributed by atoms with Crippen LogP contribution in [0.3, 0.4) is 0 Å². The minimum absolute atomic E-state index is 0.241. The van der Waals surface area contributed by atoms with Crippen LogP contribution in [0.4, 0.5) is 5.69 Å². The number of nitrogens with one attached hydrogen (secondary N) is 1. The van der Waals surface area contributed by atoms with E-state index in [1.165, 1.54) is 0 Å². The number of benzene rings is 1. The molecule has 0 spiro atoms. The summed E-state index contributed by atoms with van der Waals surface area (Å²) in [6.07, 6.45) is 0. The Bertz CT molecular complexity index is 784. The standard InChI is InChI=1S/C17H18Cl2N2O3/c1-4-21-10(2)8-12(11(21)3)17(23)24-9-15(22)20-14-7-5-6-13(18)16(14)19/h5-8H,4,9H2,1-3H3,(H,20,22). The molecule has 0 unspecified atom stereocenters. The van der Waals surface area contributed by atoms with Crippen molar-refractivity contribution in [3.63, 3.8) is 0 Å². The molecule has 1 N–H and O–H groups in total. The molecule has 5 nitrogen and oxygen atoms in total. The molecule has 2 rings (SSSR count). The molecule has 0 radical (unpaired) electrons. The summed E-state index contributed by atoms with van der Waals surface area (Å²) < 4.78 is 7.09. The molecule has 0 saturated carbocycles. The second-order valence-electron chi connectivity index (χ2n) is 5.25. The highest BCUT2D eigenvalue weighted by Crippen LogP contribution is 2.29. The molecular formula is C17H18Cl2N2O3. The Morgan fingerprint density at radius 2 is 1.96 bits per heavy atom. The number of ether oxygens (including phenoxy) is 1. The fourth-order valence-corrected chi connectivity index (χ4v) is 2.84. The van der Waals surface area contributed by atoms with Gasteiger partial charge in [-0.25, -0.2) is 4.79 Å². The summed E-state index contributed by atoms with van der Waals surface area (Å²) in [6.45, 7) is 6.12. The van der Waals surface area contributed by atoms with E-state index in [9.17, 15) is 9.59 Å². The SMILES string of the molecule is CCn1c(C)cc(C(=O)OCC(=O)Nc2cccc(Cl)c2Cl)c1C. The second-order valence-corrected chi connectivity index (χ2v) is 6.04. The lowest BCUT2D eigenvalue weighted by atomic mass is 10.2. The molecule has 1 amide bonds. The summed E-state index contributed by atoms with van der Waals surface area (Å²) in [7, 11) is 0. The summed E-state index contributed by atoms with van der Waals surface area (Å²) in [5.74, 6) is -1.02. The van der Waals surface area contributed by atoms with Crippen LogP contribution in [0.2, 0.25) is 10.0 Å². The van der Waals surface area contributed by atoms with Gasteiger partial charge >= 0.3 is 5.97 Å². The molecular weight excluding hydrogens is 351 g/mol. The quantitative estimate of drug-likeness (QED) is 0.803. The minimum Gasteiger partial charge on any atom is -0.452 e. The zero-order valence-corrected chi connectivity index (χ0v) is 15.2. The van der Waals surface area contributed by atoms with Crippen LogP contribution < -0.4 is 5.32 Å². The van der Waals surface area contributed by atoms with Crippen molar-refractivity contribution in [3.8, 4) is 0 Å². The number of amides is 1. The van der Waals surface area contributed by atoms with Crippen LogP contribution in [0, 0.1) is 13.8 Å². The molecule has 0 bridgehead atoms. The Hall–Kier alpha value is -1.98. The van der Waals surface area contributed by atoms with E-state index >= 15 is 0 Å². The van der Waals surface area contributed by atoms with Gasteiger partial charge in [0.25, 0.3) is 5.91 Å². The molecule has 0 aliphatic carbocycles. The molecule has 1 heterocycles. The van der Waals surface area contributed by atoms with Gasteiger partial charge in [-0.3, -0.25) is 4.79 Å². The summed E-state index contributed by atoms with van der Waals surface area (Å²) in [6, 6.07) is 6.65. The fourth-order valence-electron chi connectivity index (χ4n) is 2.49. The Morgan fingerprint density at radius 1 is 1.25 bits per heavy atom. The van der Waals surface area contributed by atoms with E-state index in [0.29, 0.717) is 16.3 Å². The zero-order valence-electron chi connectivity index (χ0n) is 13.7. The summed E-state index contributed by atoms with van der Waals surface area (Å²) >= 11 is 11.9. The largest absolute Gasteiger partial charge is 0.452 e. The Balaban J connectivity index is 1.99. The first-order chi connectivity index (χ1) is 11.3. The first-order valence-electron chi connectivity index (χ1n) is 7.42. The number of carbonyl (C=O) groups excluding carboxylic acids is 2. The van der Waals surface area contributed by atoms with Crippen molar-refractivity contribution in [2.45, 2.75) is 27.3 Å². The second kappa shape index (κ2) is 7.73. The van der Waals surface area contributed by atoms with Crippen LogP contribution in [-0.2, 0) is 16.1 Å². The van der Waals surface area contributed by atoms with Gasteiger partial charge in [-0.15, -0.1) is 0 Å². The van der Waals surface area contributed by atoms with Crippen molar-refractivity contribution in [3.05, 3.63) is 51.3 Å². The van der Waals surface area contributed by atoms with Crippen LogP contribution in [0.1, 0.15) is 28.7 Å². The predicted octanol–water partition coefficient (Wildman–Crippen LogP) is 4.23. The molecule has 1 aromatic heterocycles. The lowest BCUT2D eigenvalue weighted by Crippen LogP contribution is -2.21. The van der Waals surface area contributed by atoms with E-state index < -0.39 is 18.5 Å². The third-order valence-electron chi connectivity index (χ3n) is 3.67. The van der Waals surface area contributed by atoms with Crippen molar-refractivity contribution in [1.82, 2.24) is 4.57 Å². The predicted molar refractivity (Wildman–Crippen MR) is 95.0 cm³/mol. The molecule has 2 aromatic rings. The van der Waals surface area contributed by atoms with Gasteiger partial charge in [0.05, 0.1) is 21.3 Å². The van der Waals surface area contributed by atoms with Crippen LogP contribution in [0.15, 0.2) is 24.3 Å². The molecule has 0 aliphatic heterocycles. The number of aryl methyl sites for hydroxylation is 1. The van der Waals surface area contributed by atoms with Gasteiger partial charge in [-0.2, -0.15) is 0 Å². The van der Waals surface area contributed by atoms with Crippen molar-refractivity contribution >= 4 is 40.8 Å². The highest BCUT2D eigenvalue weighted by Gasteiger charge is 2.18. The van der Waals surface area contributed by atoms with Crippen molar-refractivity contribution < 1.29 is 14.3 Å². The van der Waals surface area contributed by atoms with Gasteiger partial charge in [0.2, 0.25) is 0 Å². The van der Waals surface area contributed by atoms with Crippen molar-refractivity contribution in [1.29, 1.82) is 0 Å². The normalized spacial score (nSPS) is 10.5. The number of nitrogens with zero attached hydrogens (tertiary/aromatic N) is 1. The summed E-state index contributed by atoms with van der Waals surface area (Å²) in [5.41, 5.74) is 2.62. The maximum Gasteiger partial charge on any atom is 0.340 e. The third-order valence-corrected chi connectivity index (χ3v) is 4.49. The smallest absolute Gasteiger partial charge is 0.340 e. The number of esters is 1. The molecule has 7 heteroatoms. The van der Waals surface area contributed by atoms with Gasteiger partial charge in [0.15, 0.2) is 6.61 Å². The maximum absolute atomic E-state index is 12.2. The first-order valence-corrected chi connectivity index (χ1v) is 8.18. The number of carbonyl (C=O) groups is 2. The Labute approximate surface area is 150 Å². The monoisotopic (exact) mass is 368 g/mol. The molecule has 24 heavy (non-hydrogen) atoms. The van der Waals surface area contributed by atoms with Crippen LogP contribution in [0.5, 0.6) is 0 Å². The Kier molecular flexibility index (Phi) is 5.91. The topological polar surface area (TPSA) is 60.3 Å². The van der Waals surface area contributed by atoms with Gasteiger partial charge in [0.1, 0.15) is 0 Å². The van der Waals surface area contributed by atoms with Gasteiger partial charge in [-0.05, 0) is 39.0 Å². The highest BCUT2D eigenvalue weighted by atomic mass is 35.5. The van der Waals surface area contributed by atoms with E-state index in [4.69, 9.17) is 27.9 Å². The molecule has 0 fully saturated rings. The number of hydrogen-bond acceptors (Lipinski definition) is 3. The summed E-state index contributed by atoms with van der Waals surface area (Å²) in [4.78, 5) is 24.1. The highest BCUT2D eigenvalue weighted by molar-refractivity contribution is 6.44. The average molecular weight is 369 g/mol. The number of halogens is 2. The van der Waals surface area contributed by atoms with E-state index in [1.807, 2.05) is 25.3 Å². The lowest BCUT2D eigenvalue weighted by molar-refractivity contribution is -0.119. The average Bonchev–Trinajstić information content (AvgIpc) is 2.83. The van der Waals surface area contributed by atoms with E-state index in [-0.39, 0.29) is 5.02 Å². The molecule has 1 aromatic carbocycles. The number of aromatic nitrogens is 1. The number of rotatable bonds is 5. The van der Waals surface area contributed by atoms with Gasteiger partial charge in [-0.1, -0.05) is 29.3 Å². The van der Waals surface area contributed by atoms with Gasteiger partial charge < -0.3 is 14.6 Å². The van der Waals surface area contributed by atoms with Crippen LogP contribution in [0.25, 0.3) is 0 Å². The minimum atomic E-state index is -0.532. The molecule has 128 valence electrons. The zero-order chi connectivity index (χ0) is 17.9. The van der Waals surface area contributed by atoms with Crippen molar-refractivity contribution in [2.24, 2.45) is 0 Å². The van der Waals surface area contributed by atoms with Crippen molar-refractivity contribution in [2.75, 3.05) is 11.9 Å². The van der Waals surface area contributed by atoms with Crippen LogP contribution in [-0.4, -0.2) is 23.1 Å². The maximum atomic E-state index is 12.2. The Morgan fingerprint density at radius 3 is 2.58 bits per heavy atom. The number of anilines is 1. The lowest BCUT2D eigenvalue weighted by Gasteiger charge is -2.09. The van der Waals surface area contributed by atoms with Crippen LogP contribution >= 0.6 is 23.2 Å². The van der Waals surface area contributed by atoms with E-state index in [1.54, 1.807) is 24.3 Å². The summed E-state index contributed by atoms with van der Waals surface area (Å²) in [5, 5.41) is 3.14. The third kappa shape index (κ3) is 3.91. The molecule has 0 aliphatic rings. The molecule has 0 atom stereocenters. The first kappa shape index (κ1) is 18.4. The fraction of sp³-hybridized carbons (Fsp3) is 0.294. The number of hydrogen-bond donors (Lipinski definition) is 1. The van der Waals surface area contributed by atoms with E-state index in [2.05, 4.69) is 5.32 Å². The van der Waals surface area contributed by atoms with Gasteiger partial charge in [0, 0.05) is 17.9 Å². The molecule has 0 saturated heterocycles.